The van der Waals surface area contributed by atoms with E-state index in [1.165, 1.54) is 6.20 Å². The van der Waals surface area contributed by atoms with Crippen molar-refractivity contribution in [3.05, 3.63) is 25.2 Å². The molecule has 0 saturated heterocycles. The van der Waals surface area contributed by atoms with Crippen LogP contribution in [-0.2, 0) is 14.3 Å². The molecule has 72 valence electrons. The summed E-state index contributed by atoms with van der Waals surface area (Å²) >= 11 is 0. The molecule has 0 aliphatic heterocycles. The Hall–Kier alpha value is -1.78. The van der Waals surface area contributed by atoms with Crippen LogP contribution >= 0.6 is 0 Å². The molecule has 0 fully saturated rings. The number of ether oxygens (including phenoxy) is 1. The number of carbonyl (C=O) groups excluding carboxylic acids is 2. The average Bonchev–Trinajstić information content (AvgIpc) is 2.00. The minimum atomic E-state index is -0.577. The molecule has 3 N–H and O–H groups in total. The predicted molar refractivity (Wildman–Crippen MR) is 47.0 cm³/mol. The molecule has 0 bridgehead atoms. The summed E-state index contributed by atoms with van der Waals surface area (Å²) in [6.45, 7) is 6.47. The van der Waals surface area contributed by atoms with E-state index in [0.717, 1.165) is 0 Å². The van der Waals surface area contributed by atoms with Gasteiger partial charge in [-0.3, -0.25) is 9.59 Å². The second kappa shape index (κ2) is 5.82. The van der Waals surface area contributed by atoms with E-state index in [1.54, 1.807) is 0 Å². The molecule has 0 rings (SSSR count). The molecule has 5 heteroatoms. The van der Waals surface area contributed by atoms with Crippen LogP contribution in [0.25, 0.3) is 0 Å². The molecule has 0 saturated carbocycles. The van der Waals surface area contributed by atoms with Crippen LogP contribution in [0, 0.1) is 0 Å². The van der Waals surface area contributed by atoms with Crippen LogP contribution < -0.4 is 11.1 Å². The lowest BCUT2D eigenvalue weighted by molar-refractivity contribution is -0.141. The zero-order valence-electron chi connectivity index (χ0n) is 7.21. The SMILES string of the molecule is C=CNC(=O)CCC(=O)OC(=C)N. The fourth-order valence-electron chi connectivity index (χ4n) is 0.599. The van der Waals surface area contributed by atoms with Gasteiger partial charge in [-0.2, -0.15) is 0 Å². The summed E-state index contributed by atoms with van der Waals surface area (Å²) in [7, 11) is 0. The van der Waals surface area contributed by atoms with Crippen molar-refractivity contribution in [1.29, 1.82) is 0 Å². The molecule has 0 heterocycles. The van der Waals surface area contributed by atoms with Gasteiger partial charge in [0.1, 0.15) is 0 Å². The maximum Gasteiger partial charge on any atom is 0.312 e. The molecule has 0 atom stereocenters. The average molecular weight is 184 g/mol. The highest BCUT2D eigenvalue weighted by atomic mass is 16.5. The molecule has 0 aromatic carbocycles. The standard InChI is InChI=1S/C8H12N2O3/c1-3-10-7(11)4-5-8(12)13-6(2)9/h3H,1-2,4-5,9H2,(H,10,11). The van der Waals surface area contributed by atoms with E-state index in [4.69, 9.17) is 5.73 Å². The molecule has 5 nitrogen and oxygen atoms in total. The smallest absolute Gasteiger partial charge is 0.312 e. The number of carbonyl (C=O) groups is 2. The summed E-state index contributed by atoms with van der Waals surface area (Å²) in [5, 5.41) is 2.32. The Morgan fingerprint density at radius 1 is 1.46 bits per heavy atom. The fourth-order valence-corrected chi connectivity index (χ4v) is 0.599. The zero-order valence-corrected chi connectivity index (χ0v) is 7.21. The van der Waals surface area contributed by atoms with Gasteiger partial charge < -0.3 is 15.8 Å². The number of hydrogen-bond donors (Lipinski definition) is 2. The maximum absolute atomic E-state index is 10.8. The second-order valence-electron chi connectivity index (χ2n) is 2.21. The molecule has 0 aromatic rings. The van der Waals surface area contributed by atoms with Crippen LogP contribution in [0.5, 0.6) is 0 Å². The quantitative estimate of drug-likeness (QED) is 0.465. The third-order valence-electron chi connectivity index (χ3n) is 1.06. The van der Waals surface area contributed by atoms with Crippen LogP contribution in [0.4, 0.5) is 0 Å². The van der Waals surface area contributed by atoms with Crippen LogP contribution in [0.2, 0.25) is 0 Å². The first-order valence-electron chi connectivity index (χ1n) is 3.61. The van der Waals surface area contributed by atoms with Crippen LogP contribution in [0.15, 0.2) is 25.2 Å². The van der Waals surface area contributed by atoms with Gasteiger partial charge in [0.05, 0.1) is 6.42 Å². The van der Waals surface area contributed by atoms with E-state index in [0.29, 0.717) is 0 Å². The number of nitrogens with two attached hydrogens (primary N) is 1. The van der Waals surface area contributed by atoms with Crippen LogP contribution in [0.3, 0.4) is 0 Å². The molecule has 0 aromatic heterocycles. The van der Waals surface area contributed by atoms with Gasteiger partial charge >= 0.3 is 5.97 Å². The topological polar surface area (TPSA) is 81.4 Å². The van der Waals surface area contributed by atoms with Crippen LogP contribution in [0.1, 0.15) is 12.8 Å². The van der Waals surface area contributed by atoms with Crippen molar-refractivity contribution < 1.29 is 14.3 Å². The van der Waals surface area contributed by atoms with Gasteiger partial charge in [0.2, 0.25) is 5.91 Å². The van der Waals surface area contributed by atoms with E-state index in [2.05, 4.69) is 23.2 Å². The first kappa shape index (κ1) is 11.2. The third kappa shape index (κ3) is 6.61. The highest BCUT2D eigenvalue weighted by Crippen LogP contribution is 1.95. The Morgan fingerprint density at radius 3 is 2.54 bits per heavy atom. The molecule has 0 unspecified atom stereocenters. The van der Waals surface area contributed by atoms with Gasteiger partial charge in [0.15, 0.2) is 5.88 Å². The molecule has 0 radical (unpaired) electrons. The second-order valence-corrected chi connectivity index (χ2v) is 2.21. The van der Waals surface area contributed by atoms with Gasteiger partial charge in [-0.15, -0.1) is 0 Å². The number of esters is 1. The minimum absolute atomic E-state index is 0.0319. The summed E-state index contributed by atoms with van der Waals surface area (Å²) in [4.78, 5) is 21.6. The normalized spacial score (nSPS) is 8.62. The van der Waals surface area contributed by atoms with Gasteiger partial charge in [0, 0.05) is 6.42 Å². The number of nitrogens with one attached hydrogen (secondary N) is 1. The van der Waals surface area contributed by atoms with E-state index in [-0.39, 0.29) is 24.6 Å². The number of amides is 1. The summed E-state index contributed by atoms with van der Waals surface area (Å²) in [6.07, 6.45) is 1.25. The van der Waals surface area contributed by atoms with Crippen molar-refractivity contribution in [2.45, 2.75) is 12.8 Å². The molecule has 0 spiro atoms. The van der Waals surface area contributed by atoms with E-state index < -0.39 is 5.97 Å². The first-order chi connectivity index (χ1) is 6.06. The highest BCUT2D eigenvalue weighted by molar-refractivity contribution is 5.82. The monoisotopic (exact) mass is 184 g/mol. The Morgan fingerprint density at radius 2 is 2.08 bits per heavy atom. The lowest BCUT2D eigenvalue weighted by Crippen LogP contribution is -2.18. The molecule has 1 amide bonds. The van der Waals surface area contributed by atoms with Crippen LogP contribution in [-0.4, -0.2) is 11.9 Å². The van der Waals surface area contributed by atoms with Gasteiger partial charge in [0.25, 0.3) is 0 Å². The Bertz CT molecular complexity index is 236. The van der Waals surface area contributed by atoms with Crippen molar-refractivity contribution in [3.63, 3.8) is 0 Å². The van der Waals surface area contributed by atoms with Gasteiger partial charge in [-0.25, -0.2) is 0 Å². The highest BCUT2D eigenvalue weighted by Gasteiger charge is 2.06. The zero-order chi connectivity index (χ0) is 10.3. The van der Waals surface area contributed by atoms with E-state index in [9.17, 15) is 9.59 Å². The largest absolute Gasteiger partial charge is 0.411 e. The van der Waals surface area contributed by atoms with Crippen molar-refractivity contribution in [2.24, 2.45) is 5.73 Å². The molecule has 0 aliphatic rings. The summed E-state index contributed by atoms with van der Waals surface area (Å²) < 4.78 is 4.42. The molecule has 13 heavy (non-hydrogen) atoms. The summed E-state index contributed by atoms with van der Waals surface area (Å²) in [5.41, 5.74) is 5.00. The van der Waals surface area contributed by atoms with Gasteiger partial charge in [-0.1, -0.05) is 6.58 Å². The van der Waals surface area contributed by atoms with Crippen molar-refractivity contribution >= 4 is 11.9 Å². The van der Waals surface area contributed by atoms with Crippen molar-refractivity contribution in [3.8, 4) is 0 Å². The summed E-state index contributed by atoms with van der Waals surface area (Å²) in [5.74, 6) is -1.05. The lowest BCUT2D eigenvalue weighted by Gasteiger charge is -2.01. The van der Waals surface area contributed by atoms with E-state index in [1.807, 2.05) is 0 Å². The molecule has 0 aliphatic carbocycles. The van der Waals surface area contributed by atoms with Crippen molar-refractivity contribution in [2.75, 3.05) is 0 Å². The Labute approximate surface area is 76.2 Å². The molecular weight excluding hydrogens is 172 g/mol. The maximum atomic E-state index is 10.8. The third-order valence-corrected chi connectivity index (χ3v) is 1.06. The number of hydrogen-bond acceptors (Lipinski definition) is 4. The number of rotatable bonds is 5. The fraction of sp³-hybridized carbons (Fsp3) is 0.250. The van der Waals surface area contributed by atoms with Gasteiger partial charge in [-0.05, 0) is 12.8 Å². The Balaban J connectivity index is 3.63. The summed E-state index contributed by atoms with van der Waals surface area (Å²) in [6, 6.07) is 0. The minimum Gasteiger partial charge on any atom is -0.411 e. The lowest BCUT2D eigenvalue weighted by atomic mass is 10.3. The molecular formula is C8H12N2O3. The Kier molecular flexibility index (Phi) is 5.02. The van der Waals surface area contributed by atoms with E-state index >= 15 is 0 Å². The predicted octanol–water partition coefficient (Wildman–Crippen LogP) is -0.000600. The van der Waals surface area contributed by atoms with Crippen molar-refractivity contribution in [1.82, 2.24) is 5.32 Å². The first-order valence-corrected chi connectivity index (χ1v) is 3.61.